The molecule has 1 aliphatic heterocycles. The van der Waals surface area contributed by atoms with E-state index in [1.54, 1.807) is 0 Å². The molecule has 0 amide bonds. The van der Waals surface area contributed by atoms with Crippen LogP contribution in [-0.4, -0.2) is 20.2 Å². The van der Waals surface area contributed by atoms with E-state index in [-0.39, 0.29) is 5.41 Å². The first kappa shape index (κ1) is 12.4. The lowest BCUT2D eigenvalue weighted by Crippen LogP contribution is -2.18. The van der Waals surface area contributed by atoms with Crippen LogP contribution in [0.1, 0.15) is 37.8 Å². The number of hydrogen-bond donors (Lipinski definition) is 1. The zero-order chi connectivity index (χ0) is 12.3. The Morgan fingerprint density at radius 3 is 2.88 bits per heavy atom. The fourth-order valence-electron chi connectivity index (χ4n) is 2.35. The summed E-state index contributed by atoms with van der Waals surface area (Å²) < 4.78 is 5.70. The topological polar surface area (TPSA) is 21.3 Å². The molecule has 2 rings (SSSR count). The van der Waals surface area contributed by atoms with Crippen molar-refractivity contribution in [1.82, 2.24) is 5.32 Å². The number of ether oxygens (including phenoxy) is 1. The van der Waals surface area contributed by atoms with Gasteiger partial charge in [-0.05, 0) is 44.5 Å². The maximum absolute atomic E-state index is 5.70. The Morgan fingerprint density at radius 2 is 2.12 bits per heavy atom. The summed E-state index contributed by atoms with van der Waals surface area (Å²) in [5.41, 5.74) is 3.00. The van der Waals surface area contributed by atoms with Gasteiger partial charge < -0.3 is 10.1 Å². The number of benzene rings is 1. The first-order valence-electron chi connectivity index (χ1n) is 6.54. The van der Waals surface area contributed by atoms with E-state index in [9.17, 15) is 0 Å². The molecule has 1 aliphatic rings. The van der Waals surface area contributed by atoms with Gasteiger partial charge in [0.15, 0.2) is 0 Å². The summed E-state index contributed by atoms with van der Waals surface area (Å²) in [6.07, 6.45) is 3.67. The molecule has 0 bridgehead atoms. The molecule has 0 aromatic heterocycles. The smallest absolute Gasteiger partial charge is 0.123 e. The van der Waals surface area contributed by atoms with Crippen molar-refractivity contribution in [2.24, 2.45) is 0 Å². The van der Waals surface area contributed by atoms with Crippen LogP contribution in [0.3, 0.4) is 0 Å². The van der Waals surface area contributed by atoms with Crippen molar-refractivity contribution in [3.8, 4) is 5.75 Å². The predicted molar refractivity (Wildman–Crippen MR) is 71.8 cm³/mol. The highest BCUT2D eigenvalue weighted by molar-refractivity contribution is 5.45. The molecule has 0 spiro atoms. The maximum Gasteiger partial charge on any atom is 0.123 e. The summed E-state index contributed by atoms with van der Waals surface area (Å²) in [6, 6.07) is 6.68. The fraction of sp³-hybridized carbons (Fsp3) is 0.600. The minimum atomic E-state index is 0.177. The molecule has 94 valence electrons. The van der Waals surface area contributed by atoms with Gasteiger partial charge in [0, 0.05) is 11.0 Å². The quantitative estimate of drug-likeness (QED) is 0.790. The lowest BCUT2D eigenvalue weighted by Gasteiger charge is -2.15. The second-order valence-electron chi connectivity index (χ2n) is 5.56. The van der Waals surface area contributed by atoms with Crippen LogP contribution in [0.25, 0.3) is 0 Å². The van der Waals surface area contributed by atoms with Crippen LogP contribution in [0.4, 0.5) is 0 Å². The van der Waals surface area contributed by atoms with E-state index in [2.05, 4.69) is 37.4 Å². The van der Waals surface area contributed by atoms with E-state index >= 15 is 0 Å². The highest BCUT2D eigenvalue weighted by Gasteiger charge is 2.31. The normalized spacial score (nSPS) is 16.6. The van der Waals surface area contributed by atoms with E-state index in [1.807, 2.05) is 7.05 Å². The van der Waals surface area contributed by atoms with Gasteiger partial charge in [0.2, 0.25) is 0 Å². The number of aryl methyl sites for hydroxylation is 1. The van der Waals surface area contributed by atoms with Crippen LogP contribution in [0.15, 0.2) is 18.2 Å². The summed E-state index contributed by atoms with van der Waals surface area (Å²) in [7, 11) is 2.01. The third-order valence-corrected chi connectivity index (χ3v) is 3.50. The van der Waals surface area contributed by atoms with Crippen molar-refractivity contribution in [2.75, 3.05) is 20.2 Å². The number of unbranched alkanes of at least 4 members (excludes halogenated alkanes) is 1. The van der Waals surface area contributed by atoms with Gasteiger partial charge in [0.1, 0.15) is 5.75 Å². The molecule has 1 aromatic carbocycles. The molecule has 0 atom stereocenters. The number of rotatable bonds is 5. The van der Waals surface area contributed by atoms with E-state index < -0.39 is 0 Å². The zero-order valence-corrected chi connectivity index (χ0v) is 11.2. The van der Waals surface area contributed by atoms with Crippen LogP contribution in [0.5, 0.6) is 5.75 Å². The van der Waals surface area contributed by atoms with E-state index in [4.69, 9.17) is 4.74 Å². The minimum absolute atomic E-state index is 0.177. The van der Waals surface area contributed by atoms with E-state index in [1.165, 1.54) is 30.4 Å². The monoisotopic (exact) mass is 233 g/mol. The lowest BCUT2D eigenvalue weighted by molar-refractivity contribution is 0.291. The van der Waals surface area contributed by atoms with Crippen LogP contribution in [0, 0.1) is 0 Å². The predicted octanol–water partition coefficient (Wildman–Crippen LogP) is 2.90. The van der Waals surface area contributed by atoms with Crippen LogP contribution in [-0.2, 0) is 11.8 Å². The van der Waals surface area contributed by atoms with Gasteiger partial charge in [-0.2, -0.15) is 0 Å². The highest BCUT2D eigenvalue weighted by atomic mass is 16.5. The third kappa shape index (κ3) is 2.81. The molecule has 0 saturated heterocycles. The average Bonchev–Trinajstić information content (AvgIpc) is 2.61. The van der Waals surface area contributed by atoms with Crippen molar-refractivity contribution >= 4 is 0 Å². The van der Waals surface area contributed by atoms with Crippen molar-refractivity contribution in [2.45, 2.75) is 38.5 Å². The molecule has 0 radical (unpaired) electrons. The fourth-order valence-corrected chi connectivity index (χ4v) is 2.35. The van der Waals surface area contributed by atoms with E-state index in [0.29, 0.717) is 0 Å². The molecule has 0 unspecified atom stereocenters. The Morgan fingerprint density at radius 1 is 1.29 bits per heavy atom. The first-order chi connectivity index (χ1) is 8.13. The van der Waals surface area contributed by atoms with Crippen molar-refractivity contribution < 1.29 is 4.74 Å². The Balaban J connectivity index is 2.01. The summed E-state index contributed by atoms with van der Waals surface area (Å²) in [6.45, 7) is 6.43. The van der Waals surface area contributed by atoms with Gasteiger partial charge in [-0.25, -0.2) is 0 Å². The lowest BCUT2D eigenvalue weighted by atomic mass is 9.86. The maximum atomic E-state index is 5.70. The Kier molecular flexibility index (Phi) is 3.72. The summed E-state index contributed by atoms with van der Waals surface area (Å²) in [5.74, 6) is 1.08. The first-order valence-corrected chi connectivity index (χ1v) is 6.54. The number of nitrogens with one attached hydrogen (secondary N) is 1. The van der Waals surface area contributed by atoms with Crippen molar-refractivity contribution in [1.29, 1.82) is 0 Å². The van der Waals surface area contributed by atoms with Gasteiger partial charge in [0.05, 0.1) is 6.61 Å². The molecular formula is C15H23NO. The summed E-state index contributed by atoms with van der Waals surface area (Å²) in [4.78, 5) is 0. The van der Waals surface area contributed by atoms with Crippen molar-refractivity contribution in [3.63, 3.8) is 0 Å². The zero-order valence-electron chi connectivity index (χ0n) is 11.2. The van der Waals surface area contributed by atoms with Crippen molar-refractivity contribution in [3.05, 3.63) is 29.3 Å². The highest BCUT2D eigenvalue weighted by Crippen LogP contribution is 2.38. The van der Waals surface area contributed by atoms with Gasteiger partial charge >= 0.3 is 0 Å². The molecule has 0 saturated carbocycles. The van der Waals surface area contributed by atoms with Gasteiger partial charge in [-0.1, -0.05) is 26.0 Å². The Hall–Kier alpha value is -1.02. The number of fused-ring (bicyclic) bond motifs is 1. The Bertz CT molecular complexity index is 385. The third-order valence-electron chi connectivity index (χ3n) is 3.50. The molecule has 17 heavy (non-hydrogen) atoms. The van der Waals surface area contributed by atoms with E-state index in [0.717, 1.165) is 18.9 Å². The summed E-state index contributed by atoms with van der Waals surface area (Å²) >= 11 is 0. The molecule has 2 heteroatoms. The minimum Gasteiger partial charge on any atom is -0.492 e. The molecule has 0 aliphatic carbocycles. The van der Waals surface area contributed by atoms with Gasteiger partial charge in [-0.15, -0.1) is 0 Å². The summed E-state index contributed by atoms with van der Waals surface area (Å²) in [5, 5.41) is 3.19. The molecule has 1 N–H and O–H groups in total. The standard InChI is InChI=1S/C15H23NO/c1-15(2)11-17-14-8-7-12(10-13(14)15)6-4-5-9-16-3/h7-8,10,16H,4-6,9,11H2,1-3H3. The molecule has 1 heterocycles. The second-order valence-corrected chi connectivity index (χ2v) is 5.56. The van der Waals surface area contributed by atoms with Gasteiger partial charge in [-0.3, -0.25) is 0 Å². The number of hydrogen-bond acceptors (Lipinski definition) is 2. The van der Waals surface area contributed by atoms with Crippen LogP contribution < -0.4 is 10.1 Å². The second kappa shape index (κ2) is 5.09. The van der Waals surface area contributed by atoms with Crippen LogP contribution in [0.2, 0.25) is 0 Å². The molecular weight excluding hydrogens is 210 g/mol. The SMILES string of the molecule is CNCCCCc1ccc2c(c1)C(C)(C)CO2. The molecule has 2 nitrogen and oxygen atoms in total. The largest absolute Gasteiger partial charge is 0.492 e. The van der Waals surface area contributed by atoms with Crippen LogP contribution >= 0.6 is 0 Å². The molecule has 1 aromatic rings. The molecule has 0 fully saturated rings. The van der Waals surface area contributed by atoms with Gasteiger partial charge in [0.25, 0.3) is 0 Å². The average molecular weight is 233 g/mol. The Labute approximate surface area is 104 Å².